The molecule has 7 heteroatoms. The van der Waals surface area contributed by atoms with Crippen LogP contribution in [0.5, 0.6) is 0 Å². The molecule has 0 radical (unpaired) electrons. The Kier molecular flexibility index (Phi) is 4.65. The molecule has 34 heavy (non-hydrogen) atoms. The van der Waals surface area contributed by atoms with Crippen LogP contribution in [0.4, 0.5) is 0 Å². The second kappa shape index (κ2) is 7.62. The summed E-state index contributed by atoms with van der Waals surface area (Å²) in [4.78, 5) is 65.7. The van der Waals surface area contributed by atoms with Crippen LogP contribution in [-0.2, 0) is 36.7 Å². The van der Waals surface area contributed by atoms with Crippen molar-refractivity contribution >= 4 is 28.9 Å². The molecule has 0 saturated carbocycles. The Balaban J connectivity index is 1.28. The van der Waals surface area contributed by atoms with Gasteiger partial charge in [-0.2, -0.15) is 0 Å². The van der Waals surface area contributed by atoms with E-state index in [1.165, 1.54) is 0 Å². The normalized spacial score (nSPS) is 23.9. The molecule has 4 aliphatic rings. The van der Waals surface area contributed by atoms with Gasteiger partial charge in [-0.05, 0) is 35.1 Å². The van der Waals surface area contributed by atoms with E-state index >= 15 is 0 Å². The van der Waals surface area contributed by atoms with Crippen molar-refractivity contribution in [2.75, 3.05) is 13.2 Å². The van der Waals surface area contributed by atoms with Crippen molar-refractivity contribution < 1.29 is 33.4 Å². The highest BCUT2D eigenvalue weighted by molar-refractivity contribution is 6.37. The minimum Gasteiger partial charge on any atom is -0.358 e. The van der Waals surface area contributed by atoms with E-state index < -0.39 is 41.1 Å². The minimum absolute atomic E-state index is 0.0471. The van der Waals surface area contributed by atoms with Gasteiger partial charge in [-0.15, -0.1) is 0 Å². The third-order valence-electron chi connectivity index (χ3n) is 6.83. The molecular formula is C27H18O7. The van der Waals surface area contributed by atoms with E-state index in [9.17, 15) is 24.0 Å². The maximum Gasteiger partial charge on any atom is 0.206 e. The molecule has 2 atom stereocenters. The predicted octanol–water partition coefficient (Wildman–Crippen LogP) is 1.96. The Labute approximate surface area is 194 Å². The smallest absolute Gasteiger partial charge is 0.206 e. The molecule has 2 aromatic carbocycles. The van der Waals surface area contributed by atoms with Gasteiger partial charge in [0.05, 0.1) is 24.4 Å². The second-order valence-electron chi connectivity index (χ2n) is 8.80. The number of ether oxygens (including phenoxy) is 2. The van der Waals surface area contributed by atoms with E-state index in [4.69, 9.17) is 9.47 Å². The van der Waals surface area contributed by atoms with Crippen molar-refractivity contribution in [1.29, 1.82) is 0 Å². The lowest BCUT2D eigenvalue weighted by Gasteiger charge is -2.32. The van der Waals surface area contributed by atoms with Crippen molar-refractivity contribution in [1.82, 2.24) is 0 Å². The first kappa shape index (κ1) is 20.8. The van der Waals surface area contributed by atoms with E-state index in [1.54, 1.807) is 24.3 Å². The van der Waals surface area contributed by atoms with Crippen LogP contribution in [0.3, 0.4) is 0 Å². The number of rotatable bonds is 2. The van der Waals surface area contributed by atoms with Gasteiger partial charge in [0, 0.05) is 11.1 Å². The molecular weight excluding hydrogens is 436 g/mol. The van der Waals surface area contributed by atoms with Gasteiger partial charge >= 0.3 is 0 Å². The molecule has 0 aromatic heterocycles. The summed E-state index contributed by atoms with van der Waals surface area (Å²) in [5.41, 5.74) is 3.41. The van der Waals surface area contributed by atoms with Crippen LogP contribution in [0.25, 0.3) is 0 Å². The van der Waals surface area contributed by atoms with Crippen LogP contribution in [0.1, 0.15) is 31.8 Å². The summed E-state index contributed by atoms with van der Waals surface area (Å²) >= 11 is 0. The van der Waals surface area contributed by atoms with Crippen LogP contribution in [0, 0.1) is 0 Å². The molecule has 0 saturated heterocycles. The van der Waals surface area contributed by atoms with Gasteiger partial charge in [-0.1, -0.05) is 48.5 Å². The zero-order chi connectivity index (χ0) is 23.6. The number of hydrogen-bond acceptors (Lipinski definition) is 7. The number of carbonyl (C=O) groups excluding carboxylic acids is 5. The monoisotopic (exact) mass is 454 g/mol. The first-order valence-corrected chi connectivity index (χ1v) is 11.0. The van der Waals surface area contributed by atoms with Gasteiger partial charge in [0.15, 0.2) is 23.8 Å². The number of benzene rings is 2. The number of hydrogen-bond donors (Lipinski definition) is 0. The summed E-state index contributed by atoms with van der Waals surface area (Å²) in [6.45, 7) is -0.141. The van der Waals surface area contributed by atoms with E-state index in [0.29, 0.717) is 35.1 Å². The maximum atomic E-state index is 13.3. The van der Waals surface area contributed by atoms with Gasteiger partial charge in [-0.25, -0.2) is 0 Å². The van der Waals surface area contributed by atoms with Crippen molar-refractivity contribution in [2.45, 2.75) is 25.0 Å². The van der Waals surface area contributed by atoms with Gasteiger partial charge < -0.3 is 9.47 Å². The number of carbonyl (C=O) groups is 5. The van der Waals surface area contributed by atoms with Crippen molar-refractivity contribution in [3.63, 3.8) is 0 Å². The lowest BCUT2D eigenvalue weighted by molar-refractivity contribution is -0.152. The summed E-state index contributed by atoms with van der Waals surface area (Å²) in [5.74, 6) is -3.29. The molecule has 0 bridgehead atoms. The highest BCUT2D eigenvalue weighted by Crippen LogP contribution is 2.34. The SMILES string of the molecule is O=C1C2=C(COC(C(=O)C3OCC4=C(C(=O)c5ccccc5C4)C3=O)C2=O)Cc2ccccc21. The van der Waals surface area contributed by atoms with Crippen molar-refractivity contribution in [3.05, 3.63) is 93.1 Å². The molecule has 168 valence electrons. The van der Waals surface area contributed by atoms with Crippen LogP contribution in [-0.4, -0.2) is 54.3 Å². The molecule has 7 nitrogen and oxygen atoms in total. The van der Waals surface area contributed by atoms with Crippen molar-refractivity contribution in [3.8, 4) is 0 Å². The minimum atomic E-state index is -1.63. The topological polar surface area (TPSA) is 104 Å². The summed E-state index contributed by atoms with van der Waals surface area (Å²) < 4.78 is 11.1. The van der Waals surface area contributed by atoms with E-state index in [2.05, 4.69) is 0 Å². The number of Topliss-reactive ketones (excluding diaryl/α,β-unsaturated/α-hetero) is 5. The van der Waals surface area contributed by atoms with Gasteiger partial charge in [0.1, 0.15) is 0 Å². The van der Waals surface area contributed by atoms with Crippen LogP contribution in [0.15, 0.2) is 70.8 Å². The molecule has 0 fully saturated rings. The zero-order valence-electron chi connectivity index (χ0n) is 18.0. The Morgan fingerprint density at radius 3 is 1.50 bits per heavy atom. The van der Waals surface area contributed by atoms with Crippen molar-refractivity contribution in [2.24, 2.45) is 0 Å². The summed E-state index contributed by atoms with van der Waals surface area (Å²) in [6, 6.07) is 14.0. The highest BCUT2D eigenvalue weighted by Gasteiger charge is 2.48. The van der Waals surface area contributed by atoms with Crippen LogP contribution < -0.4 is 0 Å². The average molecular weight is 454 g/mol. The molecule has 0 spiro atoms. The summed E-state index contributed by atoms with van der Waals surface area (Å²) in [6.07, 6.45) is -2.50. The Morgan fingerprint density at radius 1 is 0.647 bits per heavy atom. The molecule has 2 aliphatic carbocycles. The Bertz CT molecular complexity index is 1300. The van der Waals surface area contributed by atoms with E-state index in [-0.39, 0.29) is 24.4 Å². The molecule has 6 rings (SSSR count). The standard InChI is InChI=1S/C27H18O7/c28-21-17-7-3-1-5-13(17)9-15-11-33-26(23(30)19(15)21)25(32)27-24(31)20-16(12-34-27)10-14-6-2-4-8-18(14)22(20)29/h1-8,26-27H,9-12H2. The predicted molar refractivity (Wildman–Crippen MR) is 118 cm³/mol. The van der Waals surface area contributed by atoms with Gasteiger partial charge in [0.2, 0.25) is 17.3 Å². The first-order chi connectivity index (χ1) is 16.5. The summed E-state index contributed by atoms with van der Waals surface area (Å²) in [5, 5.41) is 0. The molecule has 2 aliphatic heterocycles. The molecule has 2 aromatic rings. The Hall–Kier alpha value is -3.81. The first-order valence-electron chi connectivity index (χ1n) is 11.0. The highest BCUT2D eigenvalue weighted by atomic mass is 16.5. The number of fused-ring (bicyclic) bond motifs is 2. The fourth-order valence-electron chi connectivity index (χ4n) is 5.18. The number of ketones is 5. The summed E-state index contributed by atoms with van der Waals surface area (Å²) in [7, 11) is 0. The van der Waals surface area contributed by atoms with Crippen LogP contribution >= 0.6 is 0 Å². The maximum absolute atomic E-state index is 13.3. The fourth-order valence-corrected chi connectivity index (χ4v) is 5.18. The molecule has 0 N–H and O–H groups in total. The van der Waals surface area contributed by atoms with E-state index in [1.807, 2.05) is 24.3 Å². The second-order valence-corrected chi connectivity index (χ2v) is 8.80. The Morgan fingerprint density at radius 2 is 1.06 bits per heavy atom. The largest absolute Gasteiger partial charge is 0.358 e. The quantitative estimate of drug-likeness (QED) is 0.505. The van der Waals surface area contributed by atoms with Crippen LogP contribution in [0.2, 0.25) is 0 Å². The molecule has 2 heterocycles. The lowest BCUT2D eigenvalue weighted by atomic mass is 9.78. The third kappa shape index (κ3) is 2.94. The fraction of sp³-hybridized carbons (Fsp3) is 0.222. The molecule has 2 unspecified atom stereocenters. The van der Waals surface area contributed by atoms with Gasteiger partial charge in [-0.3, -0.25) is 24.0 Å². The third-order valence-corrected chi connectivity index (χ3v) is 6.83. The average Bonchev–Trinajstić information content (AvgIpc) is 2.84. The van der Waals surface area contributed by atoms with E-state index in [0.717, 1.165) is 11.1 Å². The zero-order valence-corrected chi connectivity index (χ0v) is 18.0. The van der Waals surface area contributed by atoms with Gasteiger partial charge in [0.25, 0.3) is 0 Å². The lowest BCUT2D eigenvalue weighted by Crippen LogP contribution is -2.51. The molecule has 0 amide bonds.